The highest BCUT2D eigenvalue weighted by Crippen LogP contribution is 2.49. The highest BCUT2D eigenvalue weighted by molar-refractivity contribution is 4.89. The Morgan fingerprint density at radius 1 is 1.00 bits per heavy atom. The number of hydrogen-bond donors (Lipinski definition) is 1. The maximum absolute atomic E-state index is 6.14. The van der Waals surface area contributed by atoms with E-state index in [1.165, 1.54) is 51.4 Å². The highest BCUT2D eigenvalue weighted by Gasteiger charge is 2.38. The fraction of sp³-hybridized carbons (Fsp3) is 1.00. The third kappa shape index (κ3) is 5.48. The van der Waals surface area contributed by atoms with Crippen LogP contribution in [0.25, 0.3) is 0 Å². The lowest BCUT2D eigenvalue weighted by Gasteiger charge is -2.43. The van der Waals surface area contributed by atoms with Gasteiger partial charge in [0.15, 0.2) is 0 Å². The van der Waals surface area contributed by atoms with E-state index >= 15 is 0 Å². The second-order valence-corrected chi connectivity index (χ2v) is 10.3. The van der Waals surface area contributed by atoms with Gasteiger partial charge in [0.05, 0.1) is 0 Å². The van der Waals surface area contributed by atoms with Crippen molar-refractivity contribution >= 4 is 0 Å². The van der Waals surface area contributed by atoms with Crippen LogP contribution in [0.4, 0.5) is 0 Å². The molecule has 0 heterocycles. The molecule has 2 fully saturated rings. The molecule has 2 aliphatic rings. The monoisotopic (exact) mass is 321 g/mol. The van der Waals surface area contributed by atoms with Gasteiger partial charge >= 0.3 is 0 Å². The first-order chi connectivity index (χ1) is 10.7. The van der Waals surface area contributed by atoms with Crippen molar-refractivity contribution in [2.45, 2.75) is 99.0 Å². The van der Waals surface area contributed by atoms with E-state index in [-0.39, 0.29) is 0 Å². The van der Waals surface area contributed by atoms with Crippen molar-refractivity contribution < 1.29 is 0 Å². The van der Waals surface area contributed by atoms with Crippen LogP contribution in [0.15, 0.2) is 0 Å². The fourth-order valence-electron chi connectivity index (χ4n) is 6.01. The predicted molar refractivity (Wildman–Crippen MR) is 102 cm³/mol. The number of hydrogen-bond acceptors (Lipinski definition) is 1. The highest BCUT2D eigenvalue weighted by atomic mass is 14.6. The predicted octanol–water partition coefficient (Wildman–Crippen LogP) is 6.26. The third-order valence-electron chi connectivity index (χ3n) is 7.40. The van der Waals surface area contributed by atoms with Gasteiger partial charge in [-0.25, -0.2) is 0 Å². The Balaban J connectivity index is 2.03. The summed E-state index contributed by atoms with van der Waals surface area (Å²) in [6.45, 7) is 14.7. The first-order valence-corrected chi connectivity index (χ1v) is 10.4. The van der Waals surface area contributed by atoms with Crippen molar-refractivity contribution in [1.82, 2.24) is 0 Å². The van der Waals surface area contributed by atoms with Gasteiger partial charge < -0.3 is 5.73 Å². The standard InChI is InChI=1S/C22H43N/c1-15-9-17(3)21(12-20(10-15)11-19(5)23)14-22(6)8-7-16(2)18(4)13-22/h15-21H,7-14,23H2,1-6H3. The smallest absolute Gasteiger partial charge is 0.00131 e. The Morgan fingerprint density at radius 3 is 2.30 bits per heavy atom. The molecule has 0 aromatic heterocycles. The largest absolute Gasteiger partial charge is 0.328 e. The average molecular weight is 322 g/mol. The minimum absolute atomic E-state index is 0.368. The first-order valence-electron chi connectivity index (χ1n) is 10.4. The van der Waals surface area contributed by atoms with E-state index in [1.54, 1.807) is 0 Å². The summed E-state index contributed by atoms with van der Waals surface area (Å²) >= 11 is 0. The molecular weight excluding hydrogens is 278 g/mol. The molecule has 0 bridgehead atoms. The molecule has 0 aromatic rings. The van der Waals surface area contributed by atoms with Crippen molar-refractivity contribution in [1.29, 1.82) is 0 Å². The Bertz CT molecular complexity index is 363. The van der Waals surface area contributed by atoms with Gasteiger partial charge in [-0.1, -0.05) is 34.6 Å². The van der Waals surface area contributed by atoms with Crippen LogP contribution in [0.3, 0.4) is 0 Å². The first kappa shape index (κ1) is 19.3. The molecule has 8 atom stereocenters. The molecule has 2 aliphatic carbocycles. The van der Waals surface area contributed by atoms with E-state index in [0.29, 0.717) is 11.5 Å². The molecule has 0 aliphatic heterocycles. The van der Waals surface area contributed by atoms with E-state index in [4.69, 9.17) is 5.73 Å². The summed E-state index contributed by atoms with van der Waals surface area (Å²) in [7, 11) is 0. The summed E-state index contributed by atoms with van der Waals surface area (Å²) in [5.74, 6) is 5.42. The van der Waals surface area contributed by atoms with E-state index in [1.807, 2.05) is 0 Å². The van der Waals surface area contributed by atoms with Gasteiger partial charge in [0.1, 0.15) is 0 Å². The van der Waals surface area contributed by atoms with Gasteiger partial charge in [-0.2, -0.15) is 0 Å². The summed E-state index contributed by atoms with van der Waals surface area (Å²) < 4.78 is 0. The molecule has 2 rings (SSSR count). The minimum atomic E-state index is 0.368. The minimum Gasteiger partial charge on any atom is -0.328 e. The zero-order valence-corrected chi connectivity index (χ0v) is 16.8. The van der Waals surface area contributed by atoms with Gasteiger partial charge in [-0.3, -0.25) is 0 Å². The van der Waals surface area contributed by atoms with Crippen molar-refractivity contribution in [3.05, 3.63) is 0 Å². The Hall–Kier alpha value is -0.0400. The molecule has 0 radical (unpaired) electrons. The van der Waals surface area contributed by atoms with Crippen LogP contribution < -0.4 is 5.73 Å². The van der Waals surface area contributed by atoms with Crippen molar-refractivity contribution in [2.24, 2.45) is 46.7 Å². The summed E-state index contributed by atoms with van der Waals surface area (Å²) in [6.07, 6.45) is 11.3. The molecule has 1 heteroatoms. The third-order valence-corrected chi connectivity index (χ3v) is 7.40. The molecule has 0 saturated heterocycles. The van der Waals surface area contributed by atoms with E-state index in [9.17, 15) is 0 Å². The second kappa shape index (κ2) is 7.89. The molecule has 0 amide bonds. The van der Waals surface area contributed by atoms with E-state index < -0.39 is 0 Å². The Labute approximate surface area is 146 Å². The normalized spacial score (nSPS) is 47.1. The Kier molecular flexibility index (Phi) is 6.62. The maximum Gasteiger partial charge on any atom is 0.00131 e. The van der Waals surface area contributed by atoms with Crippen molar-refractivity contribution in [3.63, 3.8) is 0 Å². The van der Waals surface area contributed by atoms with E-state index in [0.717, 1.165) is 35.5 Å². The summed E-state index contributed by atoms with van der Waals surface area (Å²) in [5.41, 5.74) is 6.74. The van der Waals surface area contributed by atoms with Crippen LogP contribution in [0.1, 0.15) is 92.9 Å². The SMILES string of the molecule is CC(N)CC1CC(C)CC(C)C(CC2(C)CCC(C)C(C)C2)C1. The van der Waals surface area contributed by atoms with Gasteiger partial charge in [-0.05, 0) is 99.2 Å². The van der Waals surface area contributed by atoms with Gasteiger partial charge in [-0.15, -0.1) is 0 Å². The van der Waals surface area contributed by atoms with Crippen LogP contribution in [-0.2, 0) is 0 Å². The summed E-state index contributed by atoms with van der Waals surface area (Å²) in [6, 6.07) is 0.368. The van der Waals surface area contributed by atoms with Crippen LogP contribution in [0, 0.1) is 40.9 Å². The maximum atomic E-state index is 6.14. The summed E-state index contributed by atoms with van der Waals surface area (Å²) in [5, 5.41) is 0. The fourth-order valence-corrected chi connectivity index (χ4v) is 6.01. The van der Waals surface area contributed by atoms with E-state index in [2.05, 4.69) is 41.5 Å². The molecule has 2 saturated carbocycles. The lowest BCUT2D eigenvalue weighted by atomic mass is 9.62. The van der Waals surface area contributed by atoms with Gasteiger partial charge in [0.25, 0.3) is 0 Å². The van der Waals surface area contributed by atoms with Crippen LogP contribution >= 0.6 is 0 Å². The molecule has 8 unspecified atom stereocenters. The molecule has 136 valence electrons. The molecule has 1 nitrogen and oxygen atoms in total. The quantitative estimate of drug-likeness (QED) is 0.607. The number of nitrogens with two attached hydrogens (primary N) is 1. The molecule has 0 aromatic carbocycles. The van der Waals surface area contributed by atoms with Gasteiger partial charge in [0, 0.05) is 6.04 Å². The van der Waals surface area contributed by atoms with Crippen molar-refractivity contribution in [2.75, 3.05) is 0 Å². The molecule has 23 heavy (non-hydrogen) atoms. The molecular formula is C22H43N. The average Bonchev–Trinajstić information content (AvgIpc) is 2.53. The zero-order chi connectivity index (χ0) is 17.2. The number of rotatable bonds is 4. The topological polar surface area (TPSA) is 26.0 Å². The van der Waals surface area contributed by atoms with Gasteiger partial charge in [0.2, 0.25) is 0 Å². The Morgan fingerprint density at radius 2 is 1.70 bits per heavy atom. The molecule has 2 N–H and O–H groups in total. The van der Waals surface area contributed by atoms with Crippen LogP contribution in [0.5, 0.6) is 0 Å². The lowest BCUT2D eigenvalue weighted by molar-refractivity contribution is 0.0751. The second-order valence-electron chi connectivity index (χ2n) is 10.3. The molecule has 0 spiro atoms. The lowest BCUT2D eigenvalue weighted by Crippen LogP contribution is -2.33. The summed E-state index contributed by atoms with van der Waals surface area (Å²) in [4.78, 5) is 0. The van der Waals surface area contributed by atoms with Crippen LogP contribution in [-0.4, -0.2) is 6.04 Å². The van der Waals surface area contributed by atoms with Crippen molar-refractivity contribution in [3.8, 4) is 0 Å². The zero-order valence-electron chi connectivity index (χ0n) is 16.8. The van der Waals surface area contributed by atoms with Crippen LogP contribution in [0.2, 0.25) is 0 Å².